The van der Waals surface area contributed by atoms with Gasteiger partial charge in [0.1, 0.15) is 5.60 Å². The van der Waals surface area contributed by atoms with Gasteiger partial charge in [0.2, 0.25) is 5.82 Å². The largest absolute Gasteiger partial charge is 0.381 e. The highest BCUT2D eigenvalue weighted by Gasteiger charge is 2.38. The molecule has 1 N–H and O–H groups in total. The van der Waals surface area contributed by atoms with E-state index < -0.39 is 5.60 Å². The van der Waals surface area contributed by atoms with Crippen LogP contribution in [-0.4, -0.2) is 40.9 Å². The Morgan fingerprint density at radius 3 is 2.77 bits per heavy atom. The molecule has 1 aliphatic rings. The van der Waals surface area contributed by atoms with Gasteiger partial charge in [-0.1, -0.05) is 5.21 Å². The van der Waals surface area contributed by atoms with Gasteiger partial charge in [0.15, 0.2) is 0 Å². The molecule has 72 valence electrons. The van der Waals surface area contributed by atoms with E-state index in [-0.39, 0.29) is 0 Å². The number of hydrogen-bond donors (Lipinski definition) is 1. The van der Waals surface area contributed by atoms with E-state index >= 15 is 0 Å². The van der Waals surface area contributed by atoms with Crippen molar-refractivity contribution in [2.45, 2.75) is 18.4 Å². The van der Waals surface area contributed by atoms with Gasteiger partial charge >= 0.3 is 0 Å². The van der Waals surface area contributed by atoms with Crippen LogP contribution in [0.5, 0.6) is 0 Å². The second-order valence-corrected chi connectivity index (χ2v) is 3.05. The van der Waals surface area contributed by atoms with E-state index in [1.165, 1.54) is 0 Å². The van der Waals surface area contributed by atoms with Crippen molar-refractivity contribution in [3.8, 4) is 0 Å². The number of aromatic amines is 1. The first-order valence-corrected chi connectivity index (χ1v) is 4.24. The third-order valence-electron chi connectivity index (χ3n) is 2.44. The Morgan fingerprint density at radius 1 is 1.46 bits per heavy atom. The zero-order valence-corrected chi connectivity index (χ0v) is 7.49. The summed E-state index contributed by atoms with van der Waals surface area (Å²) in [7, 11) is 1.67. The van der Waals surface area contributed by atoms with Gasteiger partial charge < -0.3 is 9.47 Å². The van der Waals surface area contributed by atoms with E-state index in [9.17, 15) is 0 Å². The summed E-state index contributed by atoms with van der Waals surface area (Å²) in [6, 6.07) is 0. The Hall–Kier alpha value is -1.01. The van der Waals surface area contributed by atoms with Crippen molar-refractivity contribution < 1.29 is 9.47 Å². The summed E-state index contributed by atoms with van der Waals surface area (Å²) in [6.45, 7) is 1.37. The van der Waals surface area contributed by atoms with E-state index in [4.69, 9.17) is 9.47 Å². The number of ether oxygens (including phenoxy) is 2. The highest BCUT2D eigenvalue weighted by atomic mass is 16.5. The summed E-state index contributed by atoms with van der Waals surface area (Å²) in [5.41, 5.74) is -0.398. The zero-order chi connectivity index (χ0) is 9.15. The van der Waals surface area contributed by atoms with E-state index in [2.05, 4.69) is 20.6 Å². The smallest absolute Gasteiger partial charge is 0.206 e. The van der Waals surface area contributed by atoms with Crippen LogP contribution in [-0.2, 0) is 15.1 Å². The number of methoxy groups -OCH3 is 1. The lowest BCUT2D eigenvalue weighted by molar-refractivity contribution is -0.0999. The van der Waals surface area contributed by atoms with Crippen LogP contribution in [0.2, 0.25) is 0 Å². The average Bonchev–Trinajstić information content (AvgIpc) is 2.72. The van der Waals surface area contributed by atoms with Crippen molar-refractivity contribution in [1.29, 1.82) is 0 Å². The molecule has 0 bridgehead atoms. The van der Waals surface area contributed by atoms with Gasteiger partial charge in [0.25, 0.3) is 0 Å². The summed E-state index contributed by atoms with van der Waals surface area (Å²) in [5.74, 6) is 0.623. The second kappa shape index (κ2) is 3.39. The van der Waals surface area contributed by atoms with Crippen LogP contribution >= 0.6 is 0 Å². The monoisotopic (exact) mass is 184 g/mol. The Morgan fingerprint density at radius 2 is 2.23 bits per heavy atom. The van der Waals surface area contributed by atoms with Gasteiger partial charge in [-0.25, -0.2) is 0 Å². The summed E-state index contributed by atoms with van der Waals surface area (Å²) < 4.78 is 10.7. The van der Waals surface area contributed by atoms with Gasteiger partial charge in [-0.3, -0.25) is 0 Å². The van der Waals surface area contributed by atoms with Crippen molar-refractivity contribution in [2.24, 2.45) is 0 Å². The van der Waals surface area contributed by atoms with E-state index in [1.54, 1.807) is 7.11 Å². The summed E-state index contributed by atoms with van der Waals surface area (Å²) in [4.78, 5) is 0. The lowest BCUT2D eigenvalue weighted by Crippen LogP contribution is -2.36. The van der Waals surface area contributed by atoms with E-state index in [1.807, 2.05) is 0 Å². The quantitative estimate of drug-likeness (QED) is 0.692. The van der Waals surface area contributed by atoms with Gasteiger partial charge in [0.05, 0.1) is 0 Å². The molecule has 0 amide bonds. The van der Waals surface area contributed by atoms with Crippen LogP contribution in [0.3, 0.4) is 0 Å². The second-order valence-electron chi connectivity index (χ2n) is 3.05. The van der Waals surface area contributed by atoms with Gasteiger partial charge in [-0.05, 0) is 0 Å². The Balaban J connectivity index is 2.23. The number of rotatable bonds is 2. The summed E-state index contributed by atoms with van der Waals surface area (Å²) >= 11 is 0. The molecule has 0 saturated carbocycles. The predicted octanol–water partition coefficient (Wildman–Crippen LogP) is -0.148. The van der Waals surface area contributed by atoms with Gasteiger partial charge in [-0.2, -0.15) is 5.21 Å². The molecule has 0 atom stereocenters. The zero-order valence-electron chi connectivity index (χ0n) is 7.49. The Kier molecular flexibility index (Phi) is 2.24. The fourth-order valence-corrected chi connectivity index (χ4v) is 1.57. The average molecular weight is 184 g/mol. The molecule has 1 aromatic heterocycles. The number of nitrogens with one attached hydrogen (secondary N) is 1. The highest BCUT2D eigenvalue weighted by molar-refractivity contribution is 4.99. The molecule has 6 nitrogen and oxygen atoms in total. The van der Waals surface area contributed by atoms with Crippen molar-refractivity contribution in [1.82, 2.24) is 20.6 Å². The number of tetrazole rings is 1. The van der Waals surface area contributed by atoms with Crippen molar-refractivity contribution in [2.75, 3.05) is 20.3 Å². The molecule has 1 saturated heterocycles. The minimum absolute atomic E-state index is 0.398. The molecule has 0 aromatic carbocycles. The van der Waals surface area contributed by atoms with Crippen LogP contribution in [0.1, 0.15) is 18.7 Å². The number of nitrogens with zero attached hydrogens (tertiary/aromatic N) is 3. The third-order valence-corrected chi connectivity index (χ3v) is 2.44. The molecule has 6 heteroatoms. The molecular weight excluding hydrogens is 172 g/mol. The molecule has 0 spiro atoms. The molecule has 0 radical (unpaired) electrons. The lowest BCUT2D eigenvalue weighted by Gasteiger charge is -2.32. The first-order valence-electron chi connectivity index (χ1n) is 4.24. The maximum atomic E-state index is 5.46. The van der Waals surface area contributed by atoms with E-state index in [0.29, 0.717) is 19.0 Å². The van der Waals surface area contributed by atoms with Gasteiger partial charge in [0, 0.05) is 33.2 Å². The van der Waals surface area contributed by atoms with Crippen LogP contribution < -0.4 is 0 Å². The molecule has 0 aliphatic carbocycles. The van der Waals surface area contributed by atoms with Crippen molar-refractivity contribution >= 4 is 0 Å². The van der Waals surface area contributed by atoms with Crippen molar-refractivity contribution in [3.05, 3.63) is 5.82 Å². The minimum atomic E-state index is -0.398. The minimum Gasteiger partial charge on any atom is -0.381 e. The first kappa shape index (κ1) is 8.58. The normalized spacial score (nSPS) is 21.6. The summed E-state index contributed by atoms with van der Waals surface area (Å²) in [5, 5.41) is 13.9. The standard InChI is InChI=1S/C7H12N4O2/c1-12-7(2-4-13-5-3-7)6-8-10-11-9-6/h2-5H2,1H3,(H,8,9,10,11). The van der Waals surface area contributed by atoms with Crippen molar-refractivity contribution in [3.63, 3.8) is 0 Å². The molecule has 1 aromatic rings. The van der Waals surface area contributed by atoms with E-state index in [0.717, 1.165) is 12.8 Å². The summed E-state index contributed by atoms with van der Waals surface area (Å²) in [6.07, 6.45) is 1.56. The maximum absolute atomic E-state index is 5.46. The maximum Gasteiger partial charge on any atom is 0.206 e. The molecule has 2 rings (SSSR count). The SMILES string of the molecule is COC1(c2nn[nH]n2)CCOCC1. The Bertz CT molecular complexity index is 255. The molecular formula is C7H12N4O2. The van der Waals surface area contributed by atoms with Gasteiger partial charge in [-0.15, -0.1) is 10.2 Å². The van der Waals surface area contributed by atoms with Crippen LogP contribution in [0, 0.1) is 0 Å². The number of hydrogen-bond acceptors (Lipinski definition) is 5. The number of aromatic nitrogens is 4. The molecule has 1 aliphatic heterocycles. The first-order chi connectivity index (χ1) is 6.37. The molecule has 2 heterocycles. The highest BCUT2D eigenvalue weighted by Crippen LogP contribution is 2.32. The fourth-order valence-electron chi connectivity index (χ4n) is 1.57. The van der Waals surface area contributed by atoms with Crippen LogP contribution in [0.15, 0.2) is 0 Å². The number of H-pyrrole nitrogens is 1. The van der Waals surface area contributed by atoms with Crippen LogP contribution in [0.4, 0.5) is 0 Å². The fraction of sp³-hybridized carbons (Fsp3) is 0.857. The predicted molar refractivity (Wildman–Crippen MR) is 42.9 cm³/mol. The lowest BCUT2D eigenvalue weighted by atomic mass is 9.93. The van der Waals surface area contributed by atoms with Crippen LogP contribution in [0.25, 0.3) is 0 Å². The molecule has 0 unspecified atom stereocenters. The Labute approximate surface area is 75.6 Å². The third kappa shape index (κ3) is 1.42. The molecule has 13 heavy (non-hydrogen) atoms. The molecule has 1 fully saturated rings. The topological polar surface area (TPSA) is 72.9 Å².